The number of rotatable bonds is 10. The molecular weight excluding hydrogens is 448 g/mol. The minimum absolute atomic E-state index is 0.0493. The van der Waals surface area contributed by atoms with Crippen LogP contribution in [-0.4, -0.2) is 60.6 Å². The number of benzene rings is 1. The van der Waals surface area contributed by atoms with Crippen molar-refractivity contribution in [1.82, 2.24) is 25.3 Å². The Morgan fingerprint density at radius 1 is 1.09 bits per heavy atom. The minimum Gasteiger partial charge on any atom is -0.481 e. The van der Waals surface area contributed by atoms with Crippen LogP contribution in [0.2, 0.25) is 0 Å². The number of fused-ring (bicyclic) bond motifs is 1. The Morgan fingerprint density at radius 2 is 1.79 bits per heavy atom. The van der Waals surface area contributed by atoms with E-state index >= 15 is 0 Å². The highest BCUT2D eigenvalue weighted by Crippen LogP contribution is 2.13. The number of aliphatic carboxylic acids is 2. The van der Waals surface area contributed by atoms with E-state index in [0.29, 0.717) is 11.4 Å². The van der Waals surface area contributed by atoms with Crippen molar-refractivity contribution in [1.29, 1.82) is 0 Å². The lowest BCUT2D eigenvalue weighted by Gasteiger charge is -2.18. The van der Waals surface area contributed by atoms with Gasteiger partial charge in [0.15, 0.2) is 11.2 Å². The van der Waals surface area contributed by atoms with E-state index < -0.39 is 35.4 Å². The third-order valence-corrected chi connectivity index (χ3v) is 4.86. The molecule has 2 heterocycles. The first-order valence-electron chi connectivity index (χ1n) is 9.99. The molecule has 14 nitrogen and oxygen atoms in total. The predicted molar refractivity (Wildman–Crippen MR) is 120 cm³/mol. The average Bonchev–Trinajstić information content (AvgIpc) is 2.80. The molecule has 34 heavy (non-hydrogen) atoms. The van der Waals surface area contributed by atoms with Crippen LogP contribution >= 0.6 is 0 Å². The molecule has 9 N–H and O–H groups in total. The SMILES string of the molecule is NCC(CC(NC(=O)c1ccc(NCc2cnc3nc(N)[nH]c(=O)c3n2)cc1)C(=O)O)C(=O)O. The van der Waals surface area contributed by atoms with Gasteiger partial charge in [-0.15, -0.1) is 0 Å². The van der Waals surface area contributed by atoms with Gasteiger partial charge in [0.1, 0.15) is 6.04 Å². The van der Waals surface area contributed by atoms with E-state index in [1.165, 1.54) is 18.3 Å². The molecule has 0 radical (unpaired) electrons. The van der Waals surface area contributed by atoms with Crippen molar-refractivity contribution < 1.29 is 24.6 Å². The Kier molecular flexibility index (Phi) is 7.33. The molecule has 0 saturated carbocycles. The molecule has 1 amide bonds. The number of carbonyl (C=O) groups is 3. The van der Waals surface area contributed by atoms with E-state index in [1.807, 2.05) is 0 Å². The van der Waals surface area contributed by atoms with E-state index in [9.17, 15) is 24.3 Å². The van der Waals surface area contributed by atoms with Gasteiger partial charge >= 0.3 is 11.9 Å². The second-order valence-electron chi connectivity index (χ2n) is 7.29. The standard InChI is InChI=1S/C20H22N8O6/c21-6-10(18(31)32)5-13(19(33)34)26-16(29)9-1-3-11(4-2-9)23-7-12-8-24-15-14(25-12)17(30)28-20(22)27-15/h1-4,8,10,13,23H,5-7,21H2,(H,26,29)(H,31,32)(H,33,34)(H3,22,24,27,28,30). The first-order chi connectivity index (χ1) is 16.2. The van der Waals surface area contributed by atoms with Crippen molar-refractivity contribution in [3.8, 4) is 0 Å². The average molecular weight is 470 g/mol. The molecule has 2 aromatic heterocycles. The van der Waals surface area contributed by atoms with E-state index in [-0.39, 0.29) is 42.2 Å². The number of hydrogen-bond acceptors (Lipinski definition) is 10. The number of amides is 1. The summed E-state index contributed by atoms with van der Waals surface area (Å²) >= 11 is 0. The van der Waals surface area contributed by atoms with Crippen LogP contribution in [-0.2, 0) is 16.1 Å². The molecule has 0 aliphatic rings. The molecule has 2 unspecified atom stereocenters. The number of carboxylic acids is 2. The summed E-state index contributed by atoms with van der Waals surface area (Å²) in [7, 11) is 0. The Labute approximate surface area is 191 Å². The molecule has 0 bridgehead atoms. The van der Waals surface area contributed by atoms with Gasteiger partial charge in [0.05, 0.1) is 24.4 Å². The molecule has 14 heteroatoms. The quantitative estimate of drug-likeness (QED) is 0.191. The number of nitrogen functional groups attached to an aromatic ring is 1. The van der Waals surface area contributed by atoms with Crippen molar-refractivity contribution in [3.05, 3.63) is 52.1 Å². The lowest BCUT2D eigenvalue weighted by atomic mass is 9.99. The van der Waals surface area contributed by atoms with Gasteiger partial charge < -0.3 is 32.3 Å². The predicted octanol–water partition coefficient (Wildman–Crippen LogP) is -0.860. The van der Waals surface area contributed by atoms with Crippen LogP contribution in [0.1, 0.15) is 22.5 Å². The fourth-order valence-corrected chi connectivity index (χ4v) is 3.03. The Hall–Kier alpha value is -4.59. The second kappa shape index (κ2) is 10.4. The maximum Gasteiger partial charge on any atom is 0.326 e. The summed E-state index contributed by atoms with van der Waals surface area (Å²) in [5, 5.41) is 23.8. The summed E-state index contributed by atoms with van der Waals surface area (Å²) in [6.45, 7) is -0.0368. The summed E-state index contributed by atoms with van der Waals surface area (Å²) < 4.78 is 0. The molecule has 178 valence electrons. The normalized spacial score (nSPS) is 12.6. The number of H-pyrrole nitrogens is 1. The van der Waals surface area contributed by atoms with Gasteiger partial charge in [-0.2, -0.15) is 4.98 Å². The second-order valence-corrected chi connectivity index (χ2v) is 7.29. The maximum atomic E-state index is 12.4. The molecule has 0 fully saturated rings. The van der Waals surface area contributed by atoms with Crippen LogP contribution in [0.5, 0.6) is 0 Å². The highest BCUT2D eigenvalue weighted by atomic mass is 16.4. The zero-order valence-electron chi connectivity index (χ0n) is 17.7. The number of anilines is 2. The summed E-state index contributed by atoms with van der Waals surface area (Å²) in [5.41, 5.74) is 11.8. The van der Waals surface area contributed by atoms with Crippen LogP contribution in [0.3, 0.4) is 0 Å². The summed E-state index contributed by atoms with van der Waals surface area (Å²) in [6, 6.07) is 4.71. The highest BCUT2D eigenvalue weighted by molar-refractivity contribution is 5.97. The fraction of sp³-hybridized carbons (Fsp3) is 0.250. The number of aromatic nitrogens is 4. The number of carbonyl (C=O) groups excluding carboxylic acids is 1. The van der Waals surface area contributed by atoms with Crippen LogP contribution in [0.25, 0.3) is 11.2 Å². The molecule has 3 aromatic rings. The topological polar surface area (TPSA) is 239 Å². The molecule has 0 saturated heterocycles. The van der Waals surface area contributed by atoms with Gasteiger partial charge in [-0.3, -0.25) is 19.4 Å². The summed E-state index contributed by atoms with van der Waals surface area (Å²) in [6.07, 6.45) is 1.10. The summed E-state index contributed by atoms with van der Waals surface area (Å²) in [5.74, 6) is -4.43. The van der Waals surface area contributed by atoms with Crippen LogP contribution < -0.4 is 27.7 Å². The van der Waals surface area contributed by atoms with Crippen molar-refractivity contribution >= 4 is 40.6 Å². The lowest BCUT2D eigenvalue weighted by molar-refractivity contribution is -0.143. The zero-order chi connectivity index (χ0) is 24.8. The van der Waals surface area contributed by atoms with Crippen molar-refractivity contribution in [2.45, 2.75) is 19.0 Å². The Morgan fingerprint density at radius 3 is 2.41 bits per heavy atom. The largest absolute Gasteiger partial charge is 0.481 e. The van der Waals surface area contributed by atoms with Gasteiger partial charge in [-0.05, 0) is 30.7 Å². The summed E-state index contributed by atoms with van der Waals surface area (Å²) in [4.78, 5) is 61.5. The van der Waals surface area contributed by atoms with Crippen molar-refractivity contribution in [3.63, 3.8) is 0 Å². The van der Waals surface area contributed by atoms with E-state index in [4.69, 9.17) is 16.6 Å². The number of aromatic amines is 1. The van der Waals surface area contributed by atoms with Crippen LogP contribution in [0, 0.1) is 5.92 Å². The molecular formula is C20H22N8O6. The number of nitrogens with two attached hydrogens (primary N) is 2. The van der Waals surface area contributed by atoms with Crippen molar-refractivity contribution in [2.24, 2.45) is 11.7 Å². The molecule has 2 atom stereocenters. The third kappa shape index (κ3) is 5.80. The van der Waals surface area contributed by atoms with Gasteiger partial charge in [0.25, 0.3) is 11.5 Å². The molecule has 0 aliphatic heterocycles. The third-order valence-electron chi connectivity index (χ3n) is 4.86. The maximum absolute atomic E-state index is 12.4. The first kappa shape index (κ1) is 24.1. The minimum atomic E-state index is -1.41. The number of nitrogens with one attached hydrogen (secondary N) is 3. The lowest BCUT2D eigenvalue weighted by Crippen LogP contribution is -2.44. The molecule has 0 spiro atoms. The molecule has 3 rings (SSSR count). The van der Waals surface area contributed by atoms with Crippen molar-refractivity contribution in [2.75, 3.05) is 17.6 Å². The monoisotopic (exact) mass is 470 g/mol. The zero-order valence-corrected chi connectivity index (χ0v) is 17.7. The fourth-order valence-electron chi connectivity index (χ4n) is 3.03. The van der Waals surface area contributed by atoms with Gasteiger partial charge in [0.2, 0.25) is 5.95 Å². The number of nitrogens with zero attached hydrogens (tertiary/aromatic N) is 3. The first-order valence-corrected chi connectivity index (χ1v) is 9.99. The number of carboxylic acid groups (broad SMARTS) is 2. The van der Waals surface area contributed by atoms with Crippen LogP contribution in [0.15, 0.2) is 35.3 Å². The number of hydrogen-bond donors (Lipinski definition) is 7. The molecule has 0 aliphatic carbocycles. The van der Waals surface area contributed by atoms with Gasteiger partial charge in [0, 0.05) is 17.8 Å². The van der Waals surface area contributed by atoms with Gasteiger partial charge in [-0.25, -0.2) is 14.8 Å². The van der Waals surface area contributed by atoms with Gasteiger partial charge in [-0.1, -0.05) is 0 Å². The smallest absolute Gasteiger partial charge is 0.326 e. The molecule has 1 aromatic carbocycles. The highest BCUT2D eigenvalue weighted by Gasteiger charge is 2.27. The Balaban J connectivity index is 1.63. The van der Waals surface area contributed by atoms with E-state index in [1.54, 1.807) is 12.1 Å². The Bertz CT molecular complexity index is 1280. The van der Waals surface area contributed by atoms with E-state index in [0.717, 1.165) is 0 Å². The van der Waals surface area contributed by atoms with E-state index in [2.05, 4.69) is 30.6 Å². The van der Waals surface area contributed by atoms with Crippen LogP contribution in [0.4, 0.5) is 11.6 Å².